The van der Waals surface area contributed by atoms with Crippen LogP contribution in [0.5, 0.6) is 5.75 Å². The van der Waals surface area contributed by atoms with Gasteiger partial charge in [-0.25, -0.2) is 0 Å². The Labute approximate surface area is 132 Å². The van der Waals surface area contributed by atoms with Crippen LogP contribution in [0.4, 0.5) is 13.2 Å². The highest BCUT2D eigenvalue weighted by Crippen LogP contribution is 2.26. The number of hydrogen-bond acceptors (Lipinski definition) is 4. The van der Waals surface area contributed by atoms with E-state index in [1.807, 2.05) is 0 Å². The van der Waals surface area contributed by atoms with E-state index >= 15 is 0 Å². The van der Waals surface area contributed by atoms with E-state index < -0.39 is 12.5 Å². The molecule has 1 atom stereocenters. The molecule has 126 valence electrons. The van der Waals surface area contributed by atoms with Crippen LogP contribution < -0.4 is 15.8 Å². The molecule has 0 radical (unpaired) electrons. The fraction of sp³-hybridized carbons (Fsp3) is 0.462. The molecule has 0 spiro atoms. The van der Waals surface area contributed by atoms with Crippen molar-refractivity contribution < 1.29 is 27.4 Å². The van der Waals surface area contributed by atoms with Crippen LogP contribution in [0.3, 0.4) is 0 Å². The van der Waals surface area contributed by atoms with Crippen molar-refractivity contribution in [1.29, 1.82) is 0 Å². The Hall–Kier alpha value is -1.51. The van der Waals surface area contributed by atoms with Crippen molar-refractivity contribution in [2.45, 2.75) is 25.4 Å². The predicted molar refractivity (Wildman–Crippen MR) is 76.7 cm³/mol. The fourth-order valence-corrected chi connectivity index (χ4v) is 1.61. The fourth-order valence-electron chi connectivity index (χ4n) is 1.61. The zero-order valence-corrected chi connectivity index (χ0v) is 12.7. The summed E-state index contributed by atoms with van der Waals surface area (Å²) in [6.45, 7) is 0.101. The summed E-state index contributed by atoms with van der Waals surface area (Å²) in [5.41, 5.74) is 5.61. The quantitative estimate of drug-likeness (QED) is 0.794. The van der Waals surface area contributed by atoms with E-state index in [1.54, 1.807) is 6.07 Å². The van der Waals surface area contributed by atoms with E-state index in [1.165, 1.54) is 25.3 Å². The molecular weight excluding hydrogens is 325 g/mol. The number of amides is 1. The van der Waals surface area contributed by atoms with Gasteiger partial charge in [0.2, 0.25) is 5.91 Å². The average Bonchev–Trinajstić information content (AvgIpc) is 2.42. The minimum Gasteiger partial charge on any atom is -0.405 e. The molecule has 1 amide bonds. The molecule has 0 bridgehead atoms. The van der Waals surface area contributed by atoms with E-state index in [9.17, 15) is 18.0 Å². The predicted octanol–water partition coefficient (Wildman–Crippen LogP) is 1.99. The lowest BCUT2D eigenvalue weighted by Crippen LogP contribution is -2.32. The van der Waals surface area contributed by atoms with Gasteiger partial charge >= 0.3 is 6.36 Å². The number of rotatable bonds is 7. The Morgan fingerprint density at radius 3 is 2.55 bits per heavy atom. The topological polar surface area (TPSA) is 73.6 Å². The van der Waals surface area contributed by atoms with Gasteiger partial charge in [0.05, 0.1) is 12.5 Å². The monoisotopic (exact) mass is 342 g/mol. The first-order valence-corrected chi connectivity index (χ1v) is 6.19. The Bertz CT molecular complexity index is 468. The van der Waals surface area contributed by atoms with E-state index in [2.05, 4.69) is 10.1 Å². The molecule has 22 heavy (non-hydrogen) atoms. The molecule has 1 aromatic rings. The highest BCUT2D eigenvalue weighted by molar-refractivity contribution is 5.85. The molecule has 5 nitrogen and oxygen atoms in total. The maximum absolute atomic E-state index is 12.2. The van der Waals surface area contributed by atoms with E-state index in [0.29, 0.717) is 0 Å². The second-order valence-corrected chi connectivity index (χ2v) is 4.23. The average molecular weight is 343 g/mol. The molecule has 0 aliphatic heterocycles. The standard InChI is InChI=1S/C13H17F3N2O3.ClH/c1-20-10(7-17)6-12(19)18-8-9-4-2-3-5-11(9)21-13(14,15)16;/h2-5,10H,6-8,17H2,1H3,(H,18,19);1H. The van der Waals surface area contributed by atoms with Gasteiger partial charge in [0.15, 0.2) is 0 Å². The summed E-state index contributed by atoms with van der Waals surface area (Å²) in [4.78, 5) is 11.6. The highest BCUT2D eigenvalue weighted by Gasteiger charge is 2.31. The Morgan fingerprint density at radius 1 is 1.36 bits per heavy atom. The van der Waals surface area contributed by atoms with Crippen LogP contribution >= 0.6 is 12.4 Å². The van der Waals surface area contributed by atoms with Crippen LogP contribution in [-0.4, -0.2) is 32.0 Å². The van der Waals surface area contributed by atoms with Crippen LogP contribution in [0.25, 0.3) is 0 Å². The molecule has 1 unspecified atom stereocenters. The number of hydrogen-bond donors (Lipinski definition) is 2. The lowest BCUT2D eigenvalue weighted by atomic mass is 10.2. The largest absolute Gasteiger partial charge is 0.573 e. The zero-order chi connectivity index (χ0) is 15.9. The van der Waals surface area contributed by atoms with Gasteiger partial charge in [0.25, 0.3) is 0 Å². The lowest BCUT2D eigenvalue weighted by molar-refractivity contribution is -0.274. The Kier molecular flexibility index (Phi) is 8.84. The summed E-state index contributed by atoms with van der Waals surface area (Å²) in [5, 5.41) is 2.50. The Balaban J connectivity index is 0.00000441. The van der Waals surface area contributed by atoms with Crippen LogP contribution in [0, 0.1) is 0 Å². The second-order valence-electron chi connectivity index (χ2n) is 4.23. The minimum absolute atomic E-state index is 0. The summed E-state index contributed by atoms with van der Waals surface area (Å²) < 4.78 is 45.6. The van der Waals surface area contributed by atoms with Gasteiger partial charge in [-0.1, -0.05) is 18.2 Å². The third kappa shape index (κ3) is 7.48. The number of nitrogens with one attached hydrogen (secondary N) is 1. The maximum Gasteiger partial charge on any atom is 0.573 e. The van der Waals surface area contributed by atoms with Crippen molar-refractivity contribution in [1.82, 2.24) is 5.32 Å². The summed E-state index contributed by atoms with van der Waals surface area (Å²) in [6, 6.07) is 5.61. The molecule has 0 saturated heterocycles. The smallest absolute Gasteiger partial charge is 0.405 e. The molecule has 1 rings (SSSR count). The van der Waals surface area contributed by atoms with Crippen molar-refractivity contribution >= 4 is 18.3 Å². The Morgan fingerprint density at radius 2 is 2.00 bits per heavy atom. The number of carbonyl (C=O) groups is 1. The molecular formula is C13H18ClF3N2O3. The molecule has 0 fully saturated rings. The molecule has 0 aliphatic carbocycles. The number of methoxy groups -OCH3 is 1. The van der Waals surface area contributed by atoms with Gasteiger partial charge in [0.1, 0.15) is 5.75 Å². The second kappa shape index (κ2) is 9.50. The van der Waals surface area contributed by atoms with Crippen molar-refractivity contribution in [2.75, 3.05) is 13.7 Å². The number of alkyl halides is 3. The van der Waals surface area contributed by atoms with Crippen LogP contribution in [-0.2, 0) is 16.1 Å². The normalized spacial score (nSPS) is 12.2. The number of ether oxygens (including phenoxy) is 2. The van der Waals surface area contributed by atoms with Crippen LogP contribution in [0.2, 0.25) is 0 Å². The first kappa shape index (κ1) is 20.5. The summed E-state index contributed by atoms with van der Waals surface area (Å²) in [6.07, 6.45) is -5.16. The van der Waals surface area contributed by atoms with Gasteiger partial charge in [-0.2, -0.15) is 0 Å². The highest BCUT2D eigenvalue weighted by atomic mass is 35.5. The number of para-hydroxylation sites is 1. The SMILES string of the molecule is COC(CN)CC(=O)NCc1ccccc1OC(F)(F)F.Cl. The van der Waals surface area contributed by atoms with Gasteiger partial charge in [-0.05, 0) is 6.07 Å². The molecule has 9 heteroatoms. The summed E-state index contributed by atoms with van der Waals surface area (Å²) >= 11 is 0. The lowest BCUT2D eigenvalue weighted by Gasteiger charge is -2.15. The third-order valence-corrected chi connectivity index (χ3v) is 2.68. The number of carbonyl (C=O) groups excluding carboxylic acids is 1. The third-order valence-electron chi connectivity index (χ3n) is 2.68. The summed E-state index contributed by atoms with van der Waals surface area (Å²) in [5.74, 6) is -0.707. The number of benzene rings is 1. The van der Waals surface area contributed by atoms with Crippen LogP contribution in [0.15, 0.2) is 24.3 Å². The van der Waals surface area contributed by atoms with E-state index in [0.717, 1.165) is 0 Å². The van der Waals surface area contributed by atoms with Crippen molar-refractivity contribution in [3.63, 3.8) is 0 Å². The number of nitrogens with two attached hydrogens (primary N) is 1. The van der Waals surface area contributed by atoms with Gasteiger partial charge in [-0.15, -0.1) is 25.6 Å². The zero-order valence-electron chi connectivity index (χ0n) is 11.9. The van der Waals surface area contributed by atoms with Gasteiger partial charge in [-0.3, -0.25) is 4.79 Å². The molecule has 0 heterocycles. The molecule has 3 N–H and O–H groups in total. The maximum atomic E-state index is 12.2. The molecule has 0 aromatic heterocycles. The summed E-state index contributed by atoms with van der Waals surface area (Å²) in [7, 11) is 1.43. The van der Waals surface area contributed by atoms with Crippen molar-refractivity contribution in [3.05, 3.63) is 29.8 Å². The van der Waals surface area contributed by atoms with Gasteiger partial charge < -0.3 is 20.5 Å². The van der Waals surface area contributed by atoms with Crippen molar-refractivity contribution in [2.24, 2.45) is 5.73 Å². The molecule has 0 aliphatic rings. The van der Waals surface area contributed by atoms with Crippen LogP contribution in [0.1, 0.15) is 12.0 Å². The first-order valence-electron chi connectivity index (χ1n) is 6.19. The van der Waals surface area contributed by atoms with Gasteiger partial charge in [0, 0.05) is 25.8 Å². The minimum atomic E-state index is -4.78. The molecule has 1 aromatic carbocycles. The van der Waals surface area contributed by atoms with Crippen molar-refractivity contribution in [3.8, 4) is 5.75 Å². The first-order chi connectivity index (χ1) is 9.85. The van der Waals surface area contributed by atoms with E-state index in [-0.39, 0.29) is 49.1 Å². The number of halogens is 4. The molecule has 0 saturated carbocycles. The van der Waals surface area contributed by atoms with E-state index in [4.69, 9.17) is 10.5 Å².